The number of para-hydroxylation sites is 1. The highest BCUT2D eigenvalue weighted by Gasteiger charge is 2.20. The van der Waals surface area contributed by atoms with Crippen molar-refractivity contribution in [1.29, 1.82) is 0 Å². The predicted molar refractivity (Wildman–Crippen MR) is 74.8 cm³/mol. The maximum Gasteiger partial charge on any atom is 0.324 e. The Labute approximate surface area is 114 Å². The molecule has 0 unspecified atom stereocenters. The summed E-state index contributed by atoms with van der Waals surface area (Å²) in [6, 6.07) is 10.6. The molecule has 0 saturated carbocycles. The lowest BCUT2D eigenvalue weighted by molar-refractivity contribution is -0.380. The van der Waals surface area contributed by atoms with Crippen molar-refractivity contribution >= 4 is 27.9 Å². The number of rotatable bonds is 4. The van der Waals surface area contributed by atoms with Gasteiger partial charge in [0.25, 0.3) is 5.91 Å². The van der Waals surface area contributed by atoms with Crippen LogP contribution in [0, 0.1) is 10.1 Å². The van der Waals surface area contributed by atoms with Gasteiger partial charge in [-0.3, -0.25) is 14.9 Å². The van der Waals surface area contributed by atoms with Crippen LogP contribution in [0.4, 0.5) is 10.7 Å². The van der Waals surface area contributed by atoms with Gasteiger partial charge in [0.1, 0.15) is 0 Å². The molecule has 1 aromatic heterocycles. The Morgan fingerprint density at radius 3 is 2.58 bits per heavy atom. The number of anilines is 1. The lowest BCUT2D eigenvalue weighted by Crippen LogP contribution is -2.30. The molecule has 0 fully saturated rings. The van der Waals surface area contributed by atoms with E-state index >= 15 is 0 Å². The first-order valence-electron chi connectivity index (χ1n) is 5.73. The molecule has 0 radical (unpaired) electrons. The van der Waals surface area contributed by atoms with Crippen LogP contribution >= 0.6 is 11.3 Å². The van der Waals surface area contributed by atoms with E-state index in [2.05, 4.69) is 0 Å². The van der Waals surface area contributed by atoms with E-state index in [1.165, 1.54) is 11.4 Å². The molecule has 5 nitrogen and oxygen atoms in total. The van der Waals surface area contributed by atoms with Gasteiger partial charge in [-0.25, -0.2) is 0 Å². The van der Waals surface area contributed by atoms with Crippen LogP contribution in [0.3, 0.4) is 0 Å². The highest BCUT2D eigenvalue weighted by molar-refractivity contribution is 7.13. The second-order valence-electron chi connectivity index (χ2n) is 3.82. The SMILES string of the molecule is CCN(C(=O)c1csc([N+](=O)[O-])c1)c1ccccc1. The van der Waals surface area contributed by atoms with Crippen LogP contribution in [0.1, 0.15) is 17.3 Å². The fourth-order valence-electron chi connectivity index (χ4n) is 1.74. The van der Waals surface area contributed by atoms with Gasteiger partial charge in [0.05, 0.1) is 10.5 Å². The normalized spacial score (nSPS) is 10.2. The largest absolute Gasteiger partial charge is 0.324 e. The van der Waals surface area contributed by atoms with Gasteiger partial charge in [0.2, 0.25) is 0 Å². The molecule has 19 heavy (non-hydrogen) atoms. The summed E-state index contributed by atoms with van der Waals surface area (Å²) in [6.45, 7) is 2.37. The number of hydrogen-bond acceptors (Lipinski definition) is 4. The minimum absolute atomic E-state index is 0.0209. The molecule has 0 aliphatic heterocycles. The first-order chi connectivity index (χ1) is 9.13. The fraction of sp³-hybridized carbons (Fsp3) is 0.154. The first-order valence-corrected chi connectivity index (χ1v) is 6.61. The zero-order valence-electron chi connectivity index (χ0n) is 10.3. The number of amides is 1. The molecule has 0 saturated heterocycles. The van der Waals surface area contributed by atoms with Crippen molar-refractivity contribution in [2.45, 2.75) is 6.92 Å². The number of thiophene rings is 1. The summed E-state index contributed by atoms with van der Waals surface area (Å²) in [6.07, 6.45) is 0. The average molecular weight is 276 g/mol. The second-order valence-corrected chi connectivity index (χ2v) is 4.71. The molecular formula is C13H12N2O3S. The molecule has 98 valence electrons. The van der Waals surface area contributed by atoms with E-state index in [1.807, 2.05) is 37.3 Å². The Bertz CT molecular complexity index is 595. The minimum Gasteiger partial charge on any atom is -0.309 e. The summed E-state index contributed by atoms with van der Waals surface area (Å²) in [4.78, 5) is 24.1. The average Bonchev–Trinajstić information content (AvgIpc) is 2.90. The molecule has 2 rings (SSSR count). The Kier molecular flexibility index (Phi) is 3.91. The molecule has 0 aliphatic rings. The summed E-state index contributed by atoms with van der Waals surface area (Å²) < 4.78 is 0. The number of carbonyl (C=O) groups excluding carboxylic acids is 1. The van der Waals surface area contributed by atoms with Crippen LogP contribution in [0.15, 0.2) is 41.8 Å². The molecule has 2 aromatic rings. The van der Waals surface area contributed by atoms with Crippen LogP contribution in [-0.2, 0) is 0 Å². The van der Waals surface area contributed by atoms with Crippen molar-refractivity contribution in [2.75, 3.05) is 11.4 Å². The Hall–Kier alpha value is -2.21. The third-order valence-corrected chi connectivity index (χ3v) is 3.52. The van der Waals surface area contributed by atoms with Crippen molar-refractivity contribution in [2.24, 2.45) is 0 Å². The van der Waals surface area contributed by atoms with Crippen molar-refractivity contribution in [3.8, 4) is 0 Å². The third-order valence-electron chi connectivity index (χ3n) is 2.64. The highest BCUT2D eigenvalue weighted by Crippen LogP contribution is 2.25. The maximum absolute atomic E-state index is 12.3. The molecule has 1 amide bonds. The Morgan fingerprint density at radius 1 is 1.37 bits per heavy atom. The van der Waals surface area contributed by atoms with Crippen molar-refractivity contribution < 1.29 is 9.72 Å². The van der Waals surface area contributed by atoms with Crippen LogP contribution in [0.5, 0.6) is 0 Å². The topological polar surface area (TPSA) is 63.5 Å². The monoisotopic (exact) mass is 276 g/mol. The summed E-state index contributed by atoms with van der Waals surface area (Å²) >= 11 is 0.962. The zero-order chi connectivity index (χ0) is 13.8. The van der Waals surface area contributed by atoms with Crippen LogP contribution in [0.2, 0.25) is 0 Å². The summed E-state index contributed by atoms with van der Waals surface area (Å²) in [5.74, 6) is -0.224. The second kappa shape index (κ2) is 5.62. The van der Waals surface area contributed by atoms with Gasteiger partial charge in [-0.1, -0.05) is 29.5 Å². The van der Waals surface area contributed by atoms with Crippen LogP contribution < -0.4 is 4.90 Å². The van der Waals surface area contributed by atoms with E-state index in [-0.39, 0.29) is 10.9 Å². The van der Waals surface area contributed by atoms with E-state index in [0.717, 1.165) is 17.0 Å². The van der Waals surface area contributed by atoms with Gasteiger partial charge in [-0.2, -0.15) is 0 Å². The first kappa shape index (κ1) is 13.2. The maximum atomic E-state index is 12.3. The molecule has 0 bridgehead atoms. The van der Waals surface area contributed by atoms with E-state index in [1.54, 1.807) is 4.90 Å². The number of nitrogens with zero attached hydrogens (tertiary/aromatic N) is 2. The third kappa shape index (κ3) is 2.79. The molecule has 0 N–H and O–H groups in total. The molecular weight excluding hydrogens is 264 g/mol. The fourth-order valence-corrected chi connectivity index (χ4v) is 2.44. The van der Waals surface area contributed by atoms with Gasteiger partial charge in [0.15, 0.2) is 0 Å². The van der Waals surface area contributed by atoms with Gasteiger partial charge >= 0.3 is 5.00 Å². The lowest BCUT2D eigenvalue weighted by Gasteiger charge is -2.20. The lowest BCUT2D eigenvalue weighted by atomic mass is 10.2. The van der Waals surface area contributed by atoms with Gasteiger partial charge < -0.3 is 4.90 Å². The van der Waals surface area contributed by atoms with Crippen molar-refractivity contribution in [3.05, 3.63) is 57.5 Å². The number of benzene rings is 1. The molecule has 0 aliphatic carbocycles. The van der Waals surface area contributed by atoms with Gasteiger partial charge in [0, 0.05) is 23.7 Å². The summed E-state index contributed by atoms with van der Waals surface area (Å²) in [5, 5.41) is 12.1. The molecule has 1 heterocycles. The van der Waals surface area contributed by atoms with Gasteiger partial charge in [-0.15, -0.1) is 0 Å². The molecule has 0 atom stereocenters. The zero-order valence-corrected chi connectivity index (χ0v) is 11.1. The van der Waals surface area contributed by atoms with Crippen molar-refractivity contribution in [3.63, 3.8) is 0 Å². The predicted octanol–water partition coefficient (Wildman–Crippen LogP) is 3.32. The molecule has 6 heteroatoms. The summed E-state index contributed by atoms with van der Waals surface area (Å²) in [7, 11) is 0. The minimum atomic E-state index is -0.486. The number of hydrogen-bond donors (Lipinski definition) is 0. The standard InChI is InChI=1S/C13H12N2O3S/c1-2-14(11-6-4-3-5-7-11)13(16)10-8-12(15(17)18)19-9-10/h3-9H,2H2,1H3. The van der Waals surface area contributed by atoms with Crippen LogP contribution in [0.25, 0.3) is 0 Å². The van der Waals surface area contributed by atoms with E-state index in [4.69, 9.17) is 0 Å². The van der Waals surface area contributed by atoms with Crippen LogP contribution in [-0.4, -0.2) is 17.4 Å². The van der Waals surface area contributed by atoms with E-state index < -0.39 is 4.92 Å². The number of nitro groups is 1. The van der Waals surface area contributed by atoms with Crippen molar-refractivity contribution in [1.82, 2.24) is 0 Å². The van der Waals surface area contributed by atoms with E-state index in [0.29, 0.717) is 12.1 Å². The Balaban J connectivity index is 2.28. The quantitative estimate of drug-likeness (QED) is 0.635. The molecule has 1 aromatic carbocycles. The number of carbonyl (C=O) groups is 1. The molecule has 0 spiro atoms. The smallest absolute Gasteiger partial charge is 0.309 e. The Morgan fingerprint density at radius 2 is 2.05 bits per heavy atom. The summed E-state index contributed by atoms with van der Waals surface area (Å²) in [5.41, 5.74) is 1.13. The van der Waals surface area contributed by atoms with Gasteiger partial charge in [-0.05, 0) is 19.1 Å². The van der Waals surface area contributed by atoms with E-state index in [9.17, 15) is 14.9 Å². The highest BCUT2D eigenvalue weighted by atomic mass is 32.1.